The van der Waals surface area contributed by atoms with Crippen LogP contribution in [-0.4, -0.2) is 47.5 Å². The predicted octanol–water partition coefficient (Wildman–Crippen LogP) is 2.36. The largest absolute Gasteiger partial charge is 0.346 e. The molecule has 3 heterocycles. The maximum Gasteiger partial charge on any atom is 0.225 e. The summed E-state index contributed by atoms with van der Waals surface area (Å²) in [6, 6.07) is 0. The third-order valence-electron chi connectivity index (χ3n) is 4.99. The van der Waals surface area contributed by atoms with Crippen molar-refractivity contribution >= 4 is 23.5 Å². The summed E-state index contributed by atoms with van der Waals surface area (Å²) in [7, 11) is 1.91. The van der Waals surface area contributed by atoms with Gasteiger partial charge in [0.2, 0.25) is 11.9 Å². The Hall–Kier alpha value is -1.36. The maximum absolute atomic E-state index is 11.8. The molecule has 0 radical (unpaired) electrons. The van der Waals surface area contributed by atoms with Crippen molar-refractivity contribution in [2.45, 2.75) is 32.1 Å². The number of carbonyl (C=O) groups is 1. The third-order valence-corrected chi connectivity index (χ3v) is 5.18. The molecule has 0 N–H and O–H groups in total. The number of carbonyl (C=O) groups excluding carboxylic acids is 1. The average Bonchev–Trinajstić information content (AvgIpc) is 2.64. The zero-order valence-electron chi connectivity index (χ0n) is 12.4. The minimum absolute atomic E-state index is 0.287. The Morgan fingerprint density at radius 3 is 2.38 bits per heavy atom. The lowest BCUT2D eigenvalue weighted by molar-refractivity contribution is -0.129. The molecule has 1 spiro atoms. The van der Waals surface area contributed by atoms with Gasteiger partial charge in [-0.2, -0.15) is 0 Å². The zero-order chi connectivity index (χ0) is 14.9. The van der Waals surface area contributed by atoms with E-state index in [0.717, 1.165) is 51.3 Å². The molecule has 5 nitrogen and oxygen atoms in total. The van der Waals surface area contributed by atoms with Crippen molar-refractivity contribution in [2.75, 3.05) is 31.6 Å². The van der Waals surface area contributed by atoms with Crippen molar-refractivity contribution in [3.63, 3.8) is 0 Å². The van der Waals surface area contributed by atoms with E-state index in [0.29, 0.717) is 16.9 Å². The number of halogens is 1. The number of likely N-dealkylation sites (tertiary alicyclic amines) is 1. The van der Waals surface area contributed by atoms with Gasteiger partial charge in [-0.3, -0.25) is 4.79 Å². The van der Waals surface area contributed by atoms with Crippen molar-refractivity contribution in [2.24, 2.45) is 5.41 Å². The fourth-order valence-electron chi connectivity index (χ4n) is 3.37. The molecule has 2 fully saturated rings. The van der Waals surface area contributed by atoms with Crippen LogP contribution < -0.4 is 4.90 Å². The molecule has 1 aromatic rings. The molecule has 1 amide bonds. The van der Waals surface area contributed by atoms with E-state index in [4.69, 9.17) is 11.6 Å². The Morgan fingerprint density at radius 2 is 1.71 bits per heavy atom. The summed E-state index contributed by atoms with van der Waals surface area (Å²) in [4.78, 5) is 24.5. The first-order chi connectivity index (χ1) is 10.1. The van der Waals surface area contributed by atoms with Crippen molar-refractivity contribution in [1.82, 2.24) is 14.9 Å². The van der Waals surface area contributed by atoms with Crippen LogP contribution in [0.4, 0.5) is 5.95 Å². The molecule has 0 aromatic carbocycles. The fraction of sp³-hybridized carbons (Fsp3) is 0.667. The number of aromatic nitrogens is 2. The van der Waals surface area contributed by atoms with E-state index in [1.165, 1.54) is 0 Å². The van der Waals surface area contributed by atoms with Gasteiger partial charge in [0.1, 0.15) is 0 Å². The number of hydrogen-bond acceptors (Lipinski definition) is 4. The molecule has 6 heteroatoms. The lowest BCUT2D eigenvalue weighted by Gasteiger charge is -2.41. The molecule has 0 aliphatic carbocycles. The van der Waals surface area contributed by atoms with Crippen LogP contribution >= 0.6 is 11.6 Å². The van der Waals surface area contributed by atoms with Crippen LogP contribution in [0.2, 0.25) is 5.02 Å². The summed E-state index contributed by atoms with van der Waals surface area (Å²) < 4.78 is 0. The van der Waals surface area contributed by atoms with Crippen molar-refractivity contribution < 1.29 is 4.79 Å². The molecule has 0 atom stereocenters. The van der Waals surface area contributed by atoms with Crippen LogP contribution in [0.5, 0.6) is 0 Å². The first kappa shape index (κ1) is 14.6. The van der Waals surface area contributed by atoms with E-state index in [-0.39, 0.29) is 5.91 Å². The highest BCUT2D eigenvalue weighted by atomic mass is 35.5. The number of anilines is 1. The van der Waals surface area contributed by atoms with E-state index < -0.39 is 0 Å². The van der Waals surface area contributed by atoms with Gasteiger partial charge in [0.25, 0.3) is 0 Å². The lowest BCUT2D eigenvalue weighted by Crippen LogP contribution is -2.41. The predicted molar refractivity (Wildman–Crippen MR) is 82.4 cm³/mol. The lowest BCUT2D eigenvalue weighted by atomic mass is 9.73. The normalized spacial score (nSPS) is 22.5. The van der Waals surface area contributed by atoms with E-state index in [1.54, 1.807) is 12.4 Å². The molecule has 3 rings (SSSR count). The van der Waals surface area contributed by atoms with Crippen LogP contribution in [0.3, 0.4) is 0 Å². The van der Waals surface area contributed by atoms with Gasteiger partial charge in [-0.1, -0.05) is 11.6 Å². The van der Waals surface area contributed by atoms with Gasteiger partial charge in [-0.25, -0.2) is 9.97 Å². The topological polar surface area (TPSA) is 49.3 Å². The first-order valence-corrected chi connectivity index (χ1v) is 7.92. The maximum atomic E-state index is 11.8. The van der Waals surface area contributed by atoms with Crippen LogP contribution in [0.25, 0.3) is 0 Å². The molecule has 114 valence electrons. The number of amides is 1. The van der Waals surface area contributed by atoms with Crippen LogP contribution in [-0.2, 0) is 4.79 Å². The first-order valence-electron chi connectivity index (χ1n) is 7.54. The van der Waals surface area contributed by atoms with Gasteiger partial charge < -0.3 is 9.80 Å². The minimum atomic E-state index is 0.287. The highest BCUT2D eigenvalue weighted by Crippen LogP contribution is 2.41. The summed E-state index contributed by atoms with van der Waals surface area (Å²) in [5.74, 6) is 1.05. The number of rotatable bonds is 1. The average molecular weight is 309 g/mol. The van der Waals surface area contributed by atoms with E-state index >= 15 is 0 Å². The Balaban J connectivity index is 1.64. The highest BCUT2D eigenvalue weighted by Gasteiger charge is 2.37. The Kier molecular flexibility index (Phi) is 4.02. The second kappa shape index (κ2) is 5.79. The summed E-state index contributed by atoms with van der Waals surface area (Å²) in [6.07, 6.45) is 8.34. The van der Waals surface area contributed by atoms with Crippen molar-refractivity contribution in [3.05, 3.63) is 17.4 Å². The van der Waals surface area contributed by atoms with Gasteiger partial charge in [-0.15, -0.1) is 0 Å². The van der Waals surface area contributed by atoms with Crippen LogP contribution in [0.1, 0.15) is 32.1 Å². The van der Waals surface area contributed by atoms with Crippen LogP contribution in [0, 0.1) is 5.41 Å². The van der Waals surface area contributed by atoms with Crippen molar-refractivity contribution in [1.29, 1.82) is 0 Å². The SMILES string of the molecule is CN1CCC2(CCC1=O)CCN(c1ncc(Cl)cn1)CC2. The number of hydrogen-bond donors (Lipinski definition) is 0. The second-order valence-electron chi connectivity index (χ2n) is 6.25. The highest BCUT2D eigenvalue weighted by molar-refractivity contribution is 6.30. The van der Waals surface area contributed by atoms with Gasteiger partial charge in [0.05, 0.1) is 17.4 Å². The van der Waals surface area contributed by atoms with Gasteiger partial charge >= 0.3 is 0 Å². The second-order valence-corrected chi connectivity index (χ2v) is 6.69. The number of nitrogens with zero attached hydrogens (tertiary/aromatic N) is 4. The van der Waals surface area contributed by atoms with Gasteiger partial charge in [0, 0.05) is 33.1 Å². The Morgan fingerprint density at radius 1 is 1.10 bits per heavy atom. The molecule has 1 aromatic heterocycles. The summed E-state index contributed by atoms with van der Waals surface area (Å²) in [5, 5.41) is 0.567. The summed E-state index contributed by atoms with van der Waals surface area (Å²) in [5.41, 5.74) is 0.323. The van der Waals surface area contributed by atoms with E-state index in [9.17, 15) is 4.79 Å². The quantitative estimate of drug-likeness (QED) is 0.799. The van der Waals surface area contributed by atoms with E-state index in [1.807, 2.05) is 11.9 Å². The monoisotopic (exact) mass is 308 g/mol. The standard InChI is InChI=1S/C15H21ClN4O/c1-19-7-4-15(3-2-13(19)21)5-8-20(9-6-15)14-17-10-12(16)11-18-14/h10-11H,2-9H2,1H3. The smallest absolute Gasteiger partial charge is 0.225 e. The molecular weight excluding hydrogens is 288 g/mol. The minimum Gasteiger partial charge on any atom is -0.346 e. The zero-order valence-corrected chi connectivity index (χ0v) is 13.1. The third kappa shape index (κ3) is 3.12. The summed E-state index contributed by atoms with van der Waals surface area (Å²) >= 11 is 5.83. The van der Waals surface area contributed by atoms with Gasteiger partial charge in [0.15, 0.2) is 0 Å². The fourth-order valence-corrected chi connectivity index (χ4v) is 3.46. The molecule has 21 heavy (non-hydrogen) atoms. The van der Waals surface area contributed by atoms with Gasteiger partial charge in [-0.05, 0) is 31.1 Å². The van der Waals surface area contributed by atoms with Crippen molar-refractivity contribution in [3.8, 4) is 0 Å². The molecule has 2 saturated heterocycles. The molecular formula is C15H21ClN4O. The molecule has 0 saturated carbocycles. The van der Waals surface area contributed by atoms with Crippen LogP contribution in [0.15, 0.2) is 12.4 Å². The summed E-state index contributed by atoms with van der Waals surface area (Å²) in [6.45, 7) is 2.80. The Bertz CT molecular complexity index is 511. The molecule has 2 aliphatic heterocycles. The Labute approximate surface area is 130 Å². The molecule has 2 aliphatic rings. The molecule has 0 bridgehead atoms. The molecule has 0 unspecified atom stereocenters. The number of piperidine rings is 1. The van der Waals surface area contributed by atoms with E-state index in [2.05, 4.69) is 14.9 Å².